The molecule has 0 bridgehead atoms. The number of hydrogen-bond acceptors (Lipinski definition) is 2. The molecule has 0 aliphatic heterocycles. The lowest BCUT2D eigenvalue weighted by molar-refractivity contribution is 0.0620. The number of pyridine rings is 1. The van der Waals surface area contributed by atoms with E-state index in [9.17, 15) is 4.79 Å². The van der Waals surface area contributed by atoms with Crippen molar-refractivity contribution < 1.29 is 4.79 Å². The summed E-state index contributed by atoms with van der Waals surface area (Å²) in [6.07, 6.45) is 0.896. The maximum atomic E-state index is 12.3. The summed E-state index contributed by atoms with van der Waals surface area (Å²) in [5.74, 6) is -0.0238. The van der Waals surface area contributed by atoms with Gasteiger partial charge < -0.3 is 4.90 Å². The Bertz CT molecular complexity index is 409. The van der Waals surface area contributed by atoms with Crippen molar-refractivity contribution in [3.8, 4) is 0 Å². The van der Waals surface area contributed by atoms with E-state index < -0.39 is 0 Å². The SMILES string of the molecule is CCC(C)(C)N(C)C(=O)c1cc(C)nc(Cl)c1. The minimum atomic E-state index is -0.166. The molecule has 0 N–H and O–H groups in total. The molecule has 0 saturated carbocycles. The van der Waals surface area contributed by atoms with Crippen LogP contribution in [0.3, 0.4) is 0 Å². The molecule has 1 heterocycles. The molecule has 0 spiro atoms. The largest absolute Gasteiger partial charge is 0.337 e. The fourth-order valence-electron chi connectivity index (χ4n) is 1.46. The Morgan fingerprint density at radius 2 is 2.06 bits per heavy atom. The van der Waals surface area contributed by atoms with Gasteiger partial charge in [0.2, 0.25) is 0 Å². The average Bonchev–Trinajstić information content (AvgIpc) is 2.25. The summed E-state index contributed by atoms with van der Waals surface area (Å²) in [5.41, 5.74) is 1.18. The standard InChI is InChI=1S/C13H19ClN2O/c1-6-13(3,4)16(5)12(17)10-7-9(2)15-11(14)8-10/h7-8H,6H2,1-5H3. The molecule has 0 aliphatic rings. The zero-order chi connectivity index (χ0) is 13.2. The van der Waals surface area contributed by atoms with E-state index in [1.54, 1.807) is 17.0 Å². The number of nitrogens with zero attached hydrogens (tertiary/aromatic N) is 2. The van der Waals surface area contributed by atoms with E-state index in [0.717, 1.165) is 12.1 Å². The minimum absolute atomic E-state index is 0.0238. The zero-order valence-corrected chi connectivity index (χ0v) is 11.8. The smallest absolute Gasteiger partial charge is 0.254 e. The van der Waals surface area contributed by atoms with Crippen LogP contribution >= 0.6 is 11.6 Å². The van der Waals surface area contributed by atoms with Gasteiger partial charge in [-0.1, -0.05) is 18.5 Å². The number of halogens is 1. The molecule has 1 rings (SSSR count). The van der Waals surface area contributed by atoms with Crippen molar-refractivity contribution in [2.24, 2.45) is 0 Å². The number of carbonyl (C=O) groups excluding carboxylic acids is 1. The Morgan fingerprint density at radius 3 is 2.53 bits per heavy atom. The first-order chi connectivity index (χ1) is 7.77. The third kappa shape index (κ3) is 3.19. The van der Waals surface area contributed by atoms with Crippen LogP contribution in [0.5, 0.6) is 0 Å². The lowest BCUT2D eigenvalue weighted by Gasteiger charge is -2.35. The van der Waals surface area contributed by atoms with Crippen LogP contribution in [0, 0.1) is 6.92 Å². The van der Waals surface area contributed by atoms with Gasteiger partial charge >= 0.3 is 0 Å². The van der Waals surface area contributed by atoms with Crippen LogP contribution in [0.15, 0.2) is 12.1 Å². The molecule has 0 unspecified atom stereocenters. The highest BCUT2D eigenvalue weighted by atomic mass is 35.5. The molecule has 17 heavy (non-hydrogen) atoms. The fourth-order valence-corrected chi connectivity index (χ4v) is 1.71. The van der Waals surface area contributed by atoms with Crippen LogP contribution in [0.25, 0.3) is 0 Å². The molecule has 4 heteroatoms. The van der Waals surface area contributed by atoms with Crippen LogP contribution < -0.4 is 0 Å². The maximum Gasteiger partial charge on any atom is 0.254 e. The van der Waals surface area contributed by atoms with E-state index in [1.165, 1.54) is 0 Å². The van der Waals surface area contributed by atoms with E-state index in [1.807, 2.05) is 27.8 Å². The van der Waals surface area contributed by atoms with Gasteiger partial charge in [-0.2, -0.15) is 0 Å². The zero-order valence-electron chi connectivity index (χ0n) is 11.0. The molecule has 1 amide bonds. The number of rotatable bonds is 3. The second kappa shape index (κ2) is 5.05. The van der Waals surface area contributed by atoms with Crippen LogP contribution in [0.1, 0.15) is 43.2 Å². The van der Waals surface area contributed by atoms with E-state index in [2.05, 4.69) is 11.9 Å². The minimum Gasteiger partial charge on any atom is -0.337 e. The van der Waals surface area contributed by atoms with Gasteiger partial charge in [0.05, 0.1) is 0 Å². The molecule has 0 radical (unpaired) electrons. The van der Waals surface area contributed by atoms with Crippen LogP contribution in [0.2, 0.25) is 5.15 Å². The molecule has 0 saturated heterocycles. The molecule has 1 aromatic heterocycles. The Hall–Kier alpha value is -1.09. The monoisotopic (exact) mass is 254 g/mol. The fraction of sp³-hybridized carbons (Fsp3) is 0.538. The molecule has 94 valence electrons. The number of aryl methyl sites for hydroxylation is 1. The quantitative estimate of drug-likeness (QED) is 0.776. The number of hydrogen-bond donors (Lipinski definition) is 0. The average molecular weight is 255 g/mol. The molecule has 0 aromatic carbocycles. The highest BCUT2D eigenvalue weighted by Gasteiger charge is 2.26. The summed E-state index contributed by atoms with van der Waals surface area (Å²) in [6.45, 7) is 7.98. The second-order valence-corrected chi connectivity index (χ2v) is 5.24. The first kappa shape index (κ1) is 14.0. The van der Waals surface area contributed by atoms with Gasteiger partial charge in [0.15, 0.2) is 0 Å². The Kier molecular flexibility index (Phi) is 4.15. The van der Waals surface area contributed by atoms with Crippen molar-refractivity contribution >= 4 is 17.5 Å². The van der Waals surface area contributed by atoms with Gasteiger partial charge in [0.1, 0.15) is 5.15 Å². The Balaban J connectivity index is 3.04. The molecule has 3 nitrogen and oxygen atoms in total. The van der Waals surface area contributed by atoms with Gasteiger partial charge in [-0.05, 0) is 39.3 Å². The molecule has 0 fully saturated rings. The van der Waals surface area contributed by atoms with Crippen molar-refractivity contribution in [3.05, 3.63) is 28.5 Å². The van der Waals surface area contributed by atoms with Crippen molar-refractivity contribution in [3.63, 3.8) is 0 Å². The number of carbonyl (C=O) groups is 1. The van der Waals surface area contributed by atoms with Crippen LogP contribution in [0.4, 0.5) is 0 Å². The number of aromatic nitrogens is 1. The third-order valence-electron chi connectivity index (χ3n) is 3.25. The summed E-state index contributed by atoms with van der Waals surface area (Å²) in [6, 6.07) is 3.37. The first-order valence-corrected chi connectivity index (χ1v) is 6.08. The summed E-state index contributed by atoms with van der Waals surface area (Å²) in [4.78, 5) is 18.1. The maximum absolute atomic E-state index is 12.3. The third-order valence-corrected chi connectivity index (χ3v) is 3.44. The molecular formula is C13H19ClN2O. The second-order valence-electron chi connectivity index (χ2n) is 4.85. The van der Waals surface area contributed by atoms with Gasteiger partial charge in [0.25, 0.3) is 5.91 Å². The highest BCUT2D eigenvalue weighted by molar-refractivity contribution is 6.29. The molecule has 1 aromatic rings. The highest BCUT2D eigenvalue weighted by Crippen LogP contribution is 2.20. The molecular weight excluding hydrogens is 236 g/mol. The van der Waals surface area contributed by atoms with Crippen LogP contribution in [-0.2, 0) is 0 Å². The lowest BCUT2D eigenvalue weighted by Crippen LogP contribution is -2.44. The van der Waals surface area contributed by atoms with Crippen molar-refractivity contribution in [2.45, 2.75) is 39.7 Å². The predicted octanol–water partition coefficient (Wildman–Crippen LogP) is 3.30. The molecule has 0 aliphatic carbocycles. The Morgan fingerprint density at radius 1 is 1.47 bits per heavy atom. The van der Waals surface area contributed by atoms with Gasteiger partial charge in [-0.15, -0.1) is 0 Å². The molecule has 0 atom stereocenters. The Labute approximate surface area is 108 Å². The lowest BCUT2D eigenvalue weighted by atomic mass is 9.99. The van der Waals surface area contributed by atoms with Crippen molar-refractivity contribution in [1.82, 2.24) is 9.88 Å². The van der Waals surface area contributed by atoms with E-state index in [4.69, 9.17) is 11.6 Å². The van der Waals surface area contributed by atoms with Gasteiger partial charge in [0, 0.05) is 23.8 Å². The summed E-state index contributed by atoms with van der Waals surface area (Å²) >= 11 is 5.87. The van der Waals surface area contributed by atoms with Gasteiger partial charge in [-0.3, -0.25) is 4.79 Å². The predicted molar refractivity (Wildman–Crippen MR) is 70.4 cm³/mol. The summed E-state index contributed by atoms with van der Waals surface area (Å²) in [7, 11) is 1.81. The van der Waals surface area contributed by atoms with Gasteiger partial charge in [-0.25, -0.2) is 4.98 Å². The van der Waals surface area contributed by atoms with E-state index in [0.29, 0.717) is 10.7 Å². The summed E-state index contributed by atoms with van der Waals surface area (Å²) < 4.78 is 0. The number of amides is 1. The topological polar surface area (TPSA) is 33.2 Å². The summed E-state index contributed by atoms with van der Waals surface area (Å²) in [5, 5.41) is 0.357. The van der Waals surface area contributed by atoms with E-state index >= 15 is 0 Å². The van der Waals surface area contributed by atoms with Crippen molar-refractivity contribution in [1.29, 1.82) is 0 Å². The van der Waals surface area contributed by atoms with E-state index in [-0.39, 0.29) is 11.4 Å². The van der Waals surface area contributed by atoms with Crippen LogP contribution in [-0.4, -0.2) is 28.4 Å². The van der Waals surface area contributed by atoms with Crippen molar-refractivity contribution in [2.75, 3.05) is 7.05 Å². The normalized spacial score (nSPS) is 11.4. The first-order valence-electron chi connectivity index (χ1n) is 5.70.